The predicted octanol–water partition coefficient (Wildman–Crippen LogP) is 5.17. The van der Waals surface area contributed by atoms with Crippen LogP contribution in [0.5, 0.6) is 5.75 Å². The van der Waals surface area contributed by atoms with Gasteiger partial charge in [0, 0.05) is 24.2 Å². The van der Waals surface area contributed by atoms with Crippen molar-refractivity contribution in [3.05, 3.63) is 59.8 Å². The molecule has 5 nitrogen and oxygen atoms in total. The molecule has 2 heterocycles. The number of hydrogen-bond acceptors (Lipinski definition) is 4. The number of amides is 1. The Hall–Kier alpha value is -3.08. The van der Waals surface area contributed by atoms with E-state index in [0.717, 1.165) is 53.1 Å². The van der Waals surface area contributed by atoms with Crippen molar-refractivity contribution in [1.29, 1.82) is 0 Å². The number of hydrogen-bond donors (Lipinski definition) is 1. The fourth-order valence-corrected chi connectivity index (χ4v) is 3.92. The first-order valence-electron chi connectivity index (χ1n) is 10.2. The number of rotatable bonds is 4. The molecule has 5 heteroatoms. The monoisotopic (exact) mass is 389 g/mol. The first-order valence-corrected chi connectivity index (χ1v) is 10.2. The molecule has 0 aliphatic carbocycles. The molecule has 0 unspecified atom stereocenters. The molecule has 1 aliphatic rings. The molecule has 0 radical (unpaired) electrons. The summed E-state index contributed by atoms with van der Waals surface area (Å²) in [6.45, 7) is 5.86. The maximum atomic E-state index is 13.2. The number of carbonyl (C=O) groups excluding carboxylic acids is 1. The molecule has 4 rings (SSSR count). The number of benzene rings is 2. The van der Waals surface area contributed by atoms with Gasteiger partial charge in [0.2, 0.25) is 0 Å². The van der Waals surface area contributed by atoms with Gasteiger partial charge in [0.25, 0.3) is 5.91 Å². The molecular weight excluding hydrogens is 362 g/mol. The SMILES string of the molecule is COc1ccc(Nc2cc(C(=O)N3CCC[C@H](C)C3)nc3ccc(C)cc23)cc1. The lowest BCUT2D eigenvalue weighted by Gasteiger charge is -2.30. The van der Waals surface area contributed by atoms with Gasteiger partial charge in [-0.1, -0.05) is 18.6 Å². The van der Waals surface area contributed by atoms with Crippen LogP contribution in [-0.4, -0.2) is 36.0 Å². The first-order chi connectivity index (χ1) is 14.0. The van der Waals surface area contributed by atoms with Crippen molar-refractivity contribution in [3.63, 3.8) is 0 Å². The van der Waals surface area contributed by atoms with Gasteiger partial charge in [0.15, 0.2) is 0 Å². The third-order valence-corrected chi connectivity index (χ3v) is 5.50. The lowest BCUT2D eigenvalue weighted by Crippen LogP contribution is -2.39. The number of carbonyl (C=O) groups is 1. The van der Waals surface area contributed by atoms with Gasteiger partial charge < -0.3 is 15.0 Å². The first kappa shape index (κ1) is 19.2. The fraction of sp³-hybridized carbons (Fsp3) is 0.333. The van der Waals surface area contributed by atoms with Crippen LogP contribution in [-0.2, 0) is 0 Å². The van der Waals surface area contributed by atoms with E-state index in [-0.39, 0.29) is 5.91 Å². The van der Waals surface area contributed by atoms with Crippen LogP contribution in [0.2, 0.25) is 0 Å². The van der Waals surface area contributed by atoms with Crippen molar-refractivity contribution in [2.75, 3.05) is 25.5 Å². The summed E-state index contributed by atoms with van der Waals surface area (Å²) in [7, 11) is 1.65. The molecule has 1 N–H and O–H groups in total. The molecular formula is C24H27N3O2. The maximum absolute atomic E-state index is 13.2. The van der Waals surface area contributed by atoms with Crippen LogP contribution >= 0.6 is 0 Å². The lowest BCUT2D eigenvalue weighted by molar-refractivity contribution is 0.0677. The zero-order valence-corrected chi connectivity index (χ0v) is 17.2. The van der Waals surface area contributed by atoms with Crippen LogP contribution in [0.3, 0.4) is 0 Å². The van der Waals surface area contributed by atoms with Gasteiger partial charge in [0.1, 0.15) is 11.4 Å². The standard InChI is InChI=1S/C24H27N3O2/c1-16-6-11-21-20(13-16)22(25-18-7-9-19(29-3)10-8-18)14-23(26-21)24(28)27-12-4-5-17(2)15-27/h6-11,13-14,17H,4-5,12,15H2,1-3H3,(H,25,26)/t17-/m0/s1. The van der Waals surface area contributed by atoms with Crippen LogP contribution in [0.25, 0.3) is 10.9 Å². The number of methoxy groups -OCH3 is 1. The van der Waals surface area contributed by atoms with Gasteiger partial charge in [-0.2, -0.15) is 0 Å². The Bertz CT molecular complexity index is 1030. The minimum absolute atomic E-state index is 0.0109. The molecule has 150 valence electrons. The molecule has 1 amide bonds. The molecule has 1 fully saturated rings. The highest BCUT2D eigenvalue weighted by molar-refractivity contribution is 6.00. The Labute approximate surface area is 171 Å². The number of pyridine rings is 1. The molecule has 0 saturated carbocycles. The molecule has 3 aromatic rings. The van der Waals surface area contributed by atoms with Crippen molar-refractivity contribution in [2.24, 2.45) is 5.92 Å². The van der Waals surface area contributed by atoms with Crippen molar-refractivity contribution < 1.29 is 9.53 Å². The molecule has 1 aliphatic heterocycles. The van der Waals surface area contributed by atoms with Gasteiger partial charge in [-0.05, 0) is 68.1 Å². The highest BCUT2D eigenvalue weighted by atomic mass is 16.5. The van der Waals surface area contributed by atoms with E-state index in [1.54, 1.807) is 7.11 Å². The molecule has 29 heavy (non-hydrogen) atoms. The van der Waals surface area contributed by atoms with Crippen molar-refractivity contribution in [2.45, 2.75) is 26.7 Å². The Balaban J connectivity index is 1.72. The third kappa shape index (κ3) is 4.19. The lowest BCUT2D eigenvalue weighted by atomic mass is 10.00. The summed E-state index contributed by atoms with van der Waals surface area (Å²) in [6.07, 6.45) is 2.23. The minimum Gasteiger partial charge on any atom is -0.497 e. The molecule has 1 atom stereocenters. The van der Waals surface area contributed by atoms with E-state index in [2.05, 4.69) is 25.2 Å². The Morgan fingerprint density at radius 1 is 1.17 bits per heavy atom. The second-order valence-corrected chi connectivity index (χ2v) is 7.93. The van der Waals surface area contributed by atoms with Gasteiger partial charge in [0.05, 0.1) is 18.3 Å². The number of aromatic nitrogens is 1. The van der Waals surface area contributed by atoms with E-state index < -0.39 is 0 Å². The highest BCUT2D eigenvalue weighted by Crippen LogP contribution is 2.29. The topological polar surface area (TPSA) is 54.5 Å². The molecule has 0 spiro atoms. The molecule has 0 bridgehead atoms. The summed E-state index contributed by atoms with van der Waals surface area (Å²) < 4.78 is 5.24. The maximum Gasteiger partial charge on any atom is 0.272 e. The van der Waals surface area contributed by atoms with Gasteiger partial charge in [-0.3, -0.25) is 4.79 Å². The van der Waals surface area contributed by atoms with E-state index in [1.807, 2.05) is 47.4 Å². The Morgan fingerprint density at radius 3 is 2.69 bits per heavy atom. The van der Waals surface area contributed by atoms with Gasteiger partial charge in [-0.15, -0.1) is 0 Å². The number of likely N-dealkylation sites (tertiary alicyclic amines) is 1. The van der Waals surface area contributed by atoms with Crippen LogP contribution in [0.1, 0.15) is 35.8 Å². The largest absolute Gasteiger partial charge is 0.497 e. The molecule has 2 aromatic carbocycles. The van der Waals surface area contributed by atoms with Crippen molar-refractivity contribution >= 4 is 28.2 Å². The Kier molecular flexibility index (Phi) is 5.38. The summed E-state index contributed by atoms with van der Waals surface area (Å²) in [5, 5.41) is 4.47. The van der Waals surface area contributed by atoms with Crippen molar-refractivity contribution in [1.82, 2.24) is 9.88 Å². The summed E-state index contributed by atoms with van der Waals surface area (Å²) in [5.41, 5.74) is 4.29. The van der Waals surface area contributed by atoms with E-state index >= 15 is 0 Å². The summed E-state index contributed by atoms with van der Waals surface area (Å²) >= 11 is 0. The van der Waals surface area contributed by atoms with Crippen LogP contribution < -0.4 is 10.1 Å². The number of fused-ring (bicyclic) bond motifs is 1. The van der Waals surface area contributed by atoms with Crippen LogP contribution in [0, 0.1) is 12.8 Å². The number of aryl methyl sites for hydroxylation is 1. The normalized spacial score (nSPS) is 16.7. The van der Waals surface area contributed by atoms with E-state index in [9.17, 15) is 4.79 Å². The number of nitrogens with one attached hydrogen (secondary N) is 1. The number of ether oxygens (including phenoxy) is 1. The van der Waals surface area contributed by atoms with Gasteiger partial charge >= 0.3 is 0 Å². The Morgan fingerprint density at radius 2 is 1.97 bits per heavy atom. The van der Waals surface area contributed by atoms with E-state index in [4.69, 9.17) is 9.72 Å². The average Bonchev–Trinajstić information content (AvgIpc) is 2.74. The third-order valence-electron chi connectivity index (χ3n) is 5.50. The number of anilines is 2. The zero-order valence-electron chi connectivity index (χ0n) is 17.2. The smallest absolute Gasteiger partial charge is 0.272 e. The average molecular weight is 389 g/mol. The molecule has 1 saturated heterocycles. The number of piperidine rings is 1. The second kappa shape index (κ2) is 8.11. The summed E-state index contributed by atoms with van der Waals surface area (Å²) in [5.74, 6) is 1.35. The summed E-state index contributed by atoms with van der Waals surface area (Å²) in [4.78, 5) is 19.8. The minimum atomic E-state index is 0.0109. The quantitative estimate of drug-likeness (QED) is 0.669. The van der Waals surface area contributed by atoms with Gasteiger partial charge in [-0.25, -0.2) is 4.98 Å². The zero-order chi connectivity index (χ0) is 20.4. The highest BCUT2D eigenvalue weighted by Gasteiger charge is 2.24. The summed E-state index contributed by atoms with van der Waals surface area (Å²) in [6, 6.07) is 15.8. The molecule has 1 aromatic heterocycles. The second-order valence-electron chi connectivity index (χ2n) is 7.93. The van der Waals surface area contributed by atoms with Crippen molar-refractivity contribution in [3.8, 4) is 5.75 Å². The fourth-order valence-electron chi connectivity index (χ4n) is 3.92. The van der Waals surface area contributed by atoms with Crippen LogP contribution in [0.15, 0.2) is 48.5 Å². The predicted molar refractivity (Wildman–Crippen MR) is 117 cm³/mol. The number of nitrogens with zero attached hydrogens (tertiary/aromatic N) is 2. The van der Waals surface area contributed by atoms with E-state index in [0.29, 0.717) is 11.6 Å². The van der Waals surface area contributed by atoms with Crippen LogP contribution in [0.4, 0.5) is 11.4 Å². The van der Waals surface area contributed by atoms with E-state index in [1.165, 1.54) is 6.42 Å².